The Balaban J connectivity index is 2.02. The Morgan fingerprint density at radius 2 is 1.72 bits per heavy atom. The number of rotatable bonds is 6. The third kappa shape index (κ3) is 5.45. The summed E-state index contributed by atoms with van der Waals surface area (Å²) in [7, 11) is -2.91. The molecule has 1 aliphatic rings. The zero-order valence-electron chi connectivity index (χ0n) is 17.6. The highest BCUT2D eigenvalue weighted by Crippen LogP contribution is 2.37. The molecule has 2 N–H and O–H groups in total. The fourth-order valence-corrected chi connectivity index (χ4v) is 4.64. The third-order valence-corrected chi connectivity index (χ3v) is 6.42. The molecule has 2 aromatic rings. The highest BCUT2D eigenvalue weighted by atomic mass is 32.2. The van der Waals surface area contributed by atoms with Crippen molar-refractivity contribution in [2.45, 2.75) is 37.3 Å². The molecule has 32 heavy (non-hydrogen) atoms. The summed E-state index contributed by atoms with van der Waals surface area (Å²) in [5.74, 6) is -0.191. The molecule has 0 bridgehead atoms. The van der Waals surface area contributed by atoms with Crippen LogP contribution < -0.4 is 19.7 Å². The van der Waals surface area contributed by atoms with Crippen LogP contribution in [0.15, 0.2) is 41.3 Å². The Hall–Kier alpha value is -2.95. The van der Waals surface area contributed by atoms with Crippen LogP contribution in [0.4, 0.5) is 30.2 Å². The summed E-state index contributed by atoms with van der Waals surface area (Å²) >= 11 is 0. The lowest BCUT2D eigenvalue weighted by molar-refractivity contribution is -0.137. The van der Waals surface area contributed by atoms with Crippen molar-refractivity contribution in [3.05, 3.63) is 42.0 Å². The molecule has 0 aromatic heterocycles. The Kier molecular flexibility index (Phi) is 6.87. The van der Waals surface area contributed by atoms with Gasteiger partial charge >= 0.3 is 6.18 Å². The molecule has 11 heteroatoms. The van der Waals surface area contributed by atoms with Crippen molar-refractivity contribution in [1.29, 1.82) is 0 Å². The first-order valence-electron chi connectivity index (χ1n) is 9.96. The molecule has 1 heterocycles. The smallest absolute Gasteiger partial charge is 0.416 e. The number of methoxy groups -OCH3 is 1. The number of carbonyl (C=O) groups is 1. The summed E-state index contributed by atoms with van der Waals surface area (Å²) in [6.45, 7) is 2.50. The van der Waals surface area contributed by atoms with E-state index in [0.29, 0.717) is 18.8 Å². The molecular weight excluding hydrogens is 447 g/mol. The lowest BCUT2D eigenvalue weighted by atomic mass is 10.1. The van der Waals surface area contributed by atoms with Crippen LogP contribution in [0.3, 0.4) is 0 Å². The standard InChI is InChI=1S/C21H24F3N3O4S/c1-14(28)25-18-13-16(7-9-20(18)31-2)32(29,30)26-17-12-15(21(22,23)24)6-8-19(17)27-10-4-3-5-11-27/h6-9,12-13,26H,3-5,10-11H2,1-2H3,(H,25,28). The predicted molar refractivity (Wildman–Crippen MR) is 116 cm³/mol. The second-order valence-electron chi connectivity index (χ2n) is 7.43. The Bertz CT molecular complexity index is 1100. The van der Waals surface area contributed by atoms with E-state index in [-0.39, 0.29) is 22.0 Å². The molecule has 0 saturated carbocycles. The van der Waals surface area contributed by atoms with Crippen molar-refractivity contribution < 1.29 is 31.1 Å². The van der Waals surface area contributed by atoms with Gasteiger partial charge in [0.2, 0.25) is 5.91 Å². The van der Waals surface area contributed by atoms with Gasteiger partial charge < -0.3 is 15.0 Å². The number of carbonyl (C=O) groups excluding carboxylic acids is 1. The molecule has 0 spiro atoms. The van der Waals surface area contributed by atoms with Gasteiger partial charge in [-0.15, -0.1) is 0 Å². The number of halogens is 3. The van der Waals surface area contributed by atoms with Gasteiger partial charge in [-0.25, -0.2) is 8.42 Å². The van der Waals surface area contributed by atoms with Crippen LogP contribution in [0, 0.1) is 0 Å². The summed E-state index contributed by atoms with van der Waals surface area (Å²) in [5, 5.41) is 2.48. The van der Waals surface area contributed by atoms with E-state index in [2.05, 4.69) is 10.0 Å². The van der Waals surface area contributed by atoms with E-state index in [1.165, 1.54) is 38.3 Å². The van der Waals surface area contributed by atoms with Gasteiger partial charge in [0.25, 0.3) is 10.0 Å². The monoisotopic (exact) mass is 471 g/mol. The second-order valence-corrected chi connectivity index (χ2v) is 9.11. The van der Waals surface area contributed by atoms with Crippen molar-refractivity contribution in [2.24, 2.45) is 0 Å². The summed E-state index contributed by atoms with van der Waals surface area (Å²) in [6.07, 6.45) is -1.88. The molecule has 3 rings (SSSR count). The van der Waals surface area contributed by atoms with Crippen molar-refractivity contribution in [3.8, 4) is 5.75 Å². The number of ether oxygens (including phenoxy) is 1. The molecule has 0 aliphatic carbocycles. The SMILES string of the molecule is COc1ccc(S(=O)(=O)Nc2cc(C(F)(F)F)ccc2N2CCCCC2)cc1NC(C)=O. The van der Waals surface area contributed by atoms with Crippen LogP contribution in [0.2, 0.25) is 0 Å². The molecule has 0 atom stereocenters. The molecular formula is C21H24F3N3O4S. The van der Waals surface area contributed by atoms with Gasteiger partial charge in [-0.2, -0.15) is 13.2 Å². The summed E-state index contributed by atoms with van der Waals surface area (Å²) < 4.78 is 73.5. The topological polar surface area (TPSA) is 87.7 Å². The van der Waals surface area contributed by atoms with Gasteiger partial charge in [-0.1, -0.05) is 0 Å². The summed E-state index contributed by atoms with van der Waals surface area (Å²) in [5.41, 5.74) is -0.594. The fraction of sp³-hybridized carbons (Fsp3) is 0.381. The first-order chi connectivity index (χ1) is 15.0. The van der Waals surface area contributed by atoms with Crippen LogP contribution in [0.25, 0.3) is 0 Å². The minimum absolute atomic E-state index is 0.128. The zero-order valence-corrected chi connectivity index (χ0v) is 18.4. The summed E-state index contributed by atoms with van der Waals surface area (Å²) in [6, 6.07) is 6.85. The average Bonchev–Trinajstić information content (AvgIpc) is 2.73. The summed E-state index contributed by atoms with van der Waals surface area (Å²) in [4.78, 5) is 13.1. The van der Waals surface area contributed by atoms with Gasteiger partial charge in [0.05, 0.1) is 34.6 Å². The second kappa shape index (κ2) is 9.27. The molecule has 1 saturated heterocycles. The largest absolute Gasteiger partial charge is 0.495 e. The zero-order chi connectivity index (χ0) is 23.5. The lowest BCUT2D eigenvalue weighted by Gasteiger charge is -2.31. The molecule has 1 fully saturated rings. The third-order valence-electron chi connectivity index (χ3n) is 5.06. The van der Waals surface area contributed by atoms with Crippen LogP contribution in [-0.4, -0.2) is 34.5 Å². The minimum atomic E-state index is -4.63. The van der Waals surface area contributed by atoms with E-state index in [1.807, 2.05) is 4.90 Å². The Labute approximate surface area is 184 Å². The molecule has 2 aromatic carbocycles. The van der Waals surface area contributed by atoms with E-state index in [0.717, 1.165) is 31.4 Å². The van der Waals surface area contributed by atoms with Crippen molar-refractivity contribution in [1.82, 2.24) is 0 Å². The minimum Gasteiger partial charge on any atom is -0.495 e. The van der Waals surface area contributed by atoms with E-state index in [9.17, 15) is 26.4 Å². The highest BCUT2D eigenvalue weighted by Gasteiger charge is 2.32. The average molecular weight is 472 g/mol. The van der Waals surface area contributed by atoms with Crippen molar-refractivity contribution in [3.63, 3.8) is 0 Å². The molecule has 1 aliphatic heterocycles. The van der Waals surface area contributed by atoms with E-state index >= 15 is 0 Å². The van der Waals surface area contributed by atoms with E-state index in [1.54, 1.807) is 0 Å². The number of piperidine rings is 1. The fourth-order valence-electron chi connectivity index (χ4n) is 3.55. The maximum absolute atomic E-state index is 13.3. The normalized spacial score (nSPS) is 14.7. The maximum Gasteiger partial charge on any atom is 0.416 e. The molecule has 1 amide bonds. The van der Waals surface area contributed by atoms with Crippen LogP contribution in [-0.2, 0) is 21.0 Å². The molecule has 0 radical (unpaired) electrons. The van der Waals surface area contributed by atoms with Crippen molar-refractivity contribution >= 4 is 33.0 Å². The predicted octanol–water partition coefficient (Wildman–Crippen LogP) is 4.46. The highest BCUT2D eigenvalue weighted by molar-refractivity contribution is 7.92. The van der Waals surface area contributed by atoms with E-state index < -0.39 is 27.7 Å². The first-order valence-corrected chi connectivity index (χ1v) is 11.4. The number of anilines is 3. The number of nitrogens with zero attached hydrogens (tertiary/aromatic N) is 1. The Morgan fingerprint density at radius 1 is 1.03 bits per heavy atom. The number of hydrogen-bond donors (Lipinski definition) is 2. The number of hydrogen-bond acceptors (Lipinski definition) is 5. The molecule has 7 nitrogen and oxygen atoms in total. The van der Waals surface area contributed by atoms with Gasteiger partial charge in [0.15, 0.2) is 0 Å². The lowest BCUT2D eigenvalue weighted by Crippen LogP contribution is -2.30. The van der Waals surface area contributed by atoms with Gasteiger partial charge in [0.1, 0.15) is 5.75 Å². The van der Waals surface area contributed by atoms with Crippen LogP contribution >= 0.6 is 0 Å². The van der Waals surface area contributed by atoms with Gasteiger partial charge in [-0.05, 0) is 55.7 Å². The number of benzene rings is 2. The van der Waals surface area contributed by atoms with Crippen molar-refractivity contribution in [2.75, 3.05) is 35.1 Å². The number of amides is 1. The van der Waals surface area contributed by atoms with Crippen LogP contribution in [0.1, 0.15) is 31.7 Å². The quantitative estimate of drug-likeness (QED) is 0.650. The van der Waals surface area contributed by atoms with E-state index in [4.69, 9.17) is 4.74 Å². The molecule has 0 unspecified atom stereocenters. The number of sulfonamides is 1. The van der Waals surface area contributed by atoms with Gasteiger partial charge in [-0.3, -0.25) is 9.52 Å². The van der Waals surface area contributed by atoms with Crippen LogP contribution in [0.5, 0.6) is 5.75 Å². The number of nitrogens with one attached hydrogen (secondary N) is 2. The first kappa shape index (κ1) is 23.7. The number of alkyl halides is 3. The maximum atomic E-state index is 13.3. The van der Waals surface area contributed by atoms with Gasteiger partial charge in [0, 0.05) is 20.0 Å². The molecule has 174 valence electrons. The Morgan fingerprint density at radius 3 is 2.31 bits per heavy atom.